The number of nitrogens with one attached hydrogen (secondary N) is 1. The second kappa shape index (κ2) is 9.10. The molecule has 0 aromatic carbocycles. The van der Waals surface area contributed by atoms with Gasteiger partial charge in [0.1, 0.15) is 37.5 Å². The number of nitrogens with two attached hydrogens (primary N) is 1. The Labute approximate surface area is 203 Å². The van der Waals surface area contributed by atoms with Crippen LogP contribution >= 0.6 is 16.3 Å². The molecule has 9 N–H and O–H groups in total. The highest BCUT2D eigenvalue weighted by molar-refractivity contribution is 7.66. The Hall–Kier alpha value is -1.43. The Morgan fingerprint density at radius 1 is 1.03 bits per heavy atom. The molecule has 10 atom stereocenters. The highest BCUT2D eigenvalue weighted by Gasteiger charge is 2.53. The molecule has 1 aliphatic heterocycles. The molecule has 2 aliphatic carbocycles. The molecule has 6 bridgehead atoms. The molecule has 2 aromatic heterocycles. The Morgan fingerprint density at radius 2 is 1.61 bits per heavy atom. The van der Waals surface area contributed by atoms with E-state index in [0.717, 1.165) is 0 Å². The zero-order valence-electron chi connectivity index (χ0n) is 18.5. The lowest BCUT2D eigenvalue weighted by Gasteiger charge is -2.26. The van der Waals surface area contributed by atoms with Crippen molar-refractivity contribution in [3.8, 4) is 0 Å². The number of rotatable bonds is 0. The van der Waals surface area contributed by atoms with E-state index in [4.69, 9.17) is 14.8 Å². The summed E-state index contributed by atoms with van der Waals surface area (Å²) in [6.07, 6.45) is -4.54. The third-order valence-corrected chi connectivity index (χ3v) is 9.62. The van der Waals surface area contributed by atoms with Gasteiger partial charge in [-0.2, -0.15) is 18.8 Å². The minimum Gasteiger partial charge on any atom is -0.603 e. The maximum atomic E-state index is 12.9. The number of nitrogens with zero attached hydrogens (tertiary/aromatic N) is 3. The number of H-pyrrole nitrogens is 1. The molecular weight excluding hydrogens is 528 g/mol. The second-order valence-electron chi connectivity index (χ2n) is 9.25. The number of phosphoric ester groups is 2. The number of nitrogen functional groups attached to an aromatic ring is 1. The van der Waals surface area contributed by atoms with E-state index in [1.807, 2.05) is 0 Å². The number of hydrogen-bond acceptors (Lipinski definition) is 14. The average molecular weight is 554 g/mol. The van der Waals surface area contributed by atoms with E-state index in [1.54, 1.807) is 0 Å². The fourth-order valence-electron chi connectivity index (χ4n) is 5.26. The van der Waals surface area contributed by atoms with E-state index in [2.05, 4.69) is 14.3 Å². The SMILES string of the molecule is Nc1nc2c(c(=O)[nH]1)n1c[n+]2[C@@H]2C[C@H](CO[P+]([O-])(O)O[P+]([O-])(O)OC[C@H]3C[C@@H]1[C@H](O)[C@@H]3O)[C@@H](O)[C@H]2O. The molecule has 0 radical (unpaired) electrons. The molecule has 0 amide bonds. The van der Waals surface area contributed by atoms with Crippen LogP contribution in [0.3, 0.4) is 0 Å². The molecule has 3 aliphatic rings. The van der Waals surface area contributed by atoms with Gasteiger partial charge in [0.25, 0.3) is 11.5 Å². The summed E-state index contributed by atoms with van der Waals surface area (Å²) in [5.74, 6) is -2.11. The third-order valence-electron chi connectivity index (χ3n) is 7.01. The Kier molecular flexibility index (Phi) is 6.62. The van der Waals surface area contributed by atoms with Gasteiger partial charge in [-0.3, -0.25) is 9.78 Å². The van der Waals surface area contributed by atoms with Gasteiger partial charge in [0, 0.05) is 16.1 Å². The van der Waals surface area contributed by atoms with Gasteiger partial charge >= 0.3 is 22.0 Å². The maximum absolute atomic E-state index is 12.9. The first-order valence-electron chi connectivity index (χ1n) is 11.0. The van der Waals surface area contributed by atoms with Crippen LogP contribution in [0.25, 0.3) is 11.2 Å². The fraction of sp³-hybridized carbons (Fsp3) is 0.706. The van der Waals surface area contributed by atoms with Crippen molar-refractivity contribution in [3.05, 3.63) is 16.7 Å². The molecule has 200 valence electrons. The van der Waals surface area contributed by atoms with Gasteiger partial charge in [0.2, 0.25) is 5.52 Å². The van der Waals surface area contributed by atoms with Crippen molar-refractivity contribution < 1.29 is 57.9 Å². The van der Waals surface area contributed by atoms with Gasteiger partial charge in [-0.25, -0.2) is 9.13 Å². The lowest BCUT2D eigenvalue weighted by atomic mass is 10.1. The molecule has 5 rings (SSSR count). The minimum atomic E-state index is -5.16. The maximum Gasteiger partial charge on any atom is 0.434 e. The molecule has 36 heavy (non-hydrogen) atoms. The predicted octanol–water partition coefficient (Wildman–Crippen LogP) is -4.72. The third kappa shape index (κ3) is 4.54. The number of aromatic amines is 1. The first-order chi connectivity index (χ1) is 16.8. The molecule has 2 unspecified atom stereocenters. The number of fused-ring (bicyclic) bond motifs is 11. The number of hydrogen-bond donors (Lipinski definition) is 8. The largest absolute Gasteiger partial charge is 0.603 e. The standard InChI is InChI=1S/C17H25N5O12P2/c18-17-19-15-10(16(27)20-17)21-5-22(15)9-2-7(12(24)14(9)26)4-33-36(30,31)34-35(28,29)32-3-6-1-8(21)13(25)11(6)23/h5-9,11-14,23-26H,1-4H2,(H4-,18,19,20,27,28,29,30,31)/p+1/t6-,7-,8-,9-,11-,12-,13+,14+/m1/s1. The molecule has 2 fully saturated rings. The van der Waals surface area contributed by atoms with Crippen LogP contribution in [0.15, 0.2) is 11.1 Å². The van der Waals surface area contributed by atoms with Crippen molar-refractivity contribution in [3.63, 3.8) is 0 Å². The van der Waals surface area contributed by atoms with Gasteiger partial charge in [-0.05, 0) is 12.8 Å². The number of aliphatic hydroxyl groups excluding tert-OH is 4. The predicted molar refractivity (Wildman–Crippen MR) is 115 cm³/mol. The van der Waals surface area contributed by atoms with Gasteiger partial charge < -0.3 is 35.9 Å². The number of phosphoric acid groups is 2. The topological polar surface area (TPSA) is 276 Å². The van der Waals surface area contributed by atoms with Crippen LogP contribution < -0.4 is 25.6 Å². The zero-order valence-corrected chi connectivity index (χ0v) is 20.3. The number of imidazole rings is 1. The second-order valence-corrected chi connectivity index (χ2v) is 12.3. The smallest absolute Gasteiger partial charge is 0.434 e. The minimum absolute atomic E-state index is 0.0239. The lowest BCUT2D eigenvalue weighted by molar-refractivity contribution is -0.707. The number of anilines is 1. The number of aliphatic hydroxyl groups is 4. The Morgan fingerprint density at radius 3 is 2.25 bits per heavy atom. The summed E-state index contributed by atoms with van der Waals surface area (Å²) in [5.41, 5.74) is 5.05. The molecule has 3 heterocycles. The van der Waals surface area contributed by atoms with Crippen LogP contribution in [0, 0.1) is 11.8 Å². The Bertz CT molecular complexity index is 1210. The van der Waals surface area contributed by atoms with Gasteiger partial charge in [-0.1, -0.05) is 4.98 Å². The van der Waals surface area contributed by atoms with Crippen LogP contribution in [-0.4, -0.2) is 82.4 Å². The summed E-state index contributed by atoms with van der Waals surface area (Å²) in [5, 5.41) is 42.7. The van der Waals surface area contributed by atoms with Crippen LogP contribution in [0.4, 0.5) is 5.95 Å². The van der Waals surface area contributed by atoms with Crippen LogP contribution in [-0.2, 0) is 13.4 Å². The highest BCUT2D eigenvalue weighted by Crippen LogP contribution is 2.65. The molecule has 0 spiro atoms. The average Bonchev–Trinajstić information content (AvgIpc) is 3.37. The molecule has 2 aromatic rings. The van der Waals surface area contributed by atoms with Gasteiger partial charge in [0.15, 0.2) is 6.33 Å². The molecule has 19 heteroatoms. The van der Waals surface area contributed by atoms with Crippen molar-refractivity contribution in [2.24, 2.45) is 11.8 Å². The van der Waals surface area contributed by atoms with Crippen LogP contribution in [0.1, 0.15) is 24.9 Å². The van der Waals surface area contributed by atoms with E-state index in [1.165, 1.54) is 15.5 Å². The van der Waals surface area contributed by atoms with E-state index < -0.39 is 83.4 Å². The monoisotopic (exact) mass is 554 g/mol. The fourth-order valence-corrected chi connectivity index (χ4v) is 7.44. The quantitative estimate of drug-likeness (QED) is 0.112. The van der Waals surface area contributed by atoms with Crippen LogP contribution in [0.5, 0.6) is 0 Å². The summed E-state index contributed by atoms with van der Waals surface area (Å²) in [7, 11) is -10.3. The summed E-state index contributed by atoms with van der Waals surface area (Å²) >= 11 is 0. The van der Waals surface area contributed by atoms with Crippen molar-refractivity contribution in [2.75, 3.05) is 18.9 Å². The molecule has 0 saturated heterocycles. The Balaban J connectivity index is 1.64. The summed E-state index contributed by atoms with van der Waals surface area (Å²) in [6, 6.07) is -1.85. The van der Waals surface area contributed by atoms with E-state index in [0.29, 0.717) is 0 Å². The zero-order chi connectivity index (χ0) is 26.2. The van der Waals surface area contributed by atoms with Crippen LogP contribution in [0.2, 0.25) is 0 Å². The first kappa shape index (κ1) is 26.2. The lowest BCUT2D eigenvalue weighted by Crippen LogP contribution is -2.45. The van der Waals surface area contributed by atoms with E-state index >= 15 is 0 Å². The molecule has 2 saturated carbocycles. The molecule has 17 nitrogen and oxygen atoms in total. The molecular formula is C17H26N5O12P2+. The normalized spacial score (nSPS) is 43.8. The summed E-state index contributed by atoms with van der Waals surface area (Å²) in [4.78, 5) is 63.7. The van der Waals surface area contributed by atoms with Crippen molar-refractivity contribution in [1.82, 2.24) is 14.5 Å². The van der Waals surface area contributed by atoms with Crippen molar-refractivity contribution in [2.45, 2.75) is 49.3 Å². The van der Waals surface area contributed by atoms with Crippen molar-refractivity contribution in [1.29, 1.82) is 0 Å². The first-order valence-corrected chi connectivity index (χ1v) is 14.0. The van der Waals surface area contributed by atoms with Crippen molar-refractivity contribution >= 4 is 33.5 Å². The van der Waals surface area contributed by atoms with E-state index in [9.17, 15) is 44.8 Å². The van der Waals surface area contributed by atoms with Gasteiger partial charge in [0.05, 0.1) is 12.2 Å². The summed E-state index contributed by atoms with van der Waals surface area (Å²) in [6.45, 7) is -1.29. The van der Waals surface area contributed by atoms with Gasteiger partial charge in [-0.15, -0.1) is 0 Å². The van der Waals surface area contributed by atoms with E-state index in [-0.39, 0.29) is 30.0 Å². The summed E-state index contributed by atoms with van der Waals surface area (Å²) < 4.78 is 16.6. The number of aromatic nitrogens is 4. The highest BCUT2D eigenvalue weighted by atomic mass is 31.3.